The minimum absolute atomic E-state index is 0.0251. The molecule has 2 heterocycles. The lowest BCUT2D eigenvalue weighted by atomic mass is 10.2. The topological polar surface area (TPSA) is 101 Å². The molecule has 3 amide bonds. The third-order valence-electron chi connectivity index (χ3n) is 4.71. The molecule has 158 valence electrons. The zero-order valence-electron chi connectivity index (χ0n) is 16.8. The Morgan fingerprint density at radius 2 is 1.84 bits per heavy atom. The van der Waals surface area contributed by atoms with Crippen LogP contribution in [0.15, 0.2) is 54.6 Å². The molecule has 0 atom stereocenters. The van der Waals surface area contributed by atoms with Crippen molar-refractivity contribution in [2.75, 3.05) is 18.1 Å². The maximum absolute atomic E-state index is 12.5. The van der Waals surface area contributed by atoms with E-state index in [9.17, 15) is 14.4 Å². The van der Waals surface area contributed by atoms with Crippen LogP contribution in [-0.4, -0.2) is 35.9 Å². The number of nitrogens with zero attached hydrogens (tertiary/aromatic N) is 2. The van der Waals surface area contributed by atoms with E-state index in [0.29, 0.717) is 22.0 Å². The quantitative estimate of drug-likeness (QED) is 0.599. The van der Waals surface area contributed by atoms with Crippen LogP contribution < -0.4 is 20.5 Å². The lowest BCUT2D eigenvalue weighted by molar-refractivity contribution is -0.122. The first-order valence-corrected chi connectivity index (χ1v) is 10.5. The highest BCUT2D eigenvalue weighted by Gasteiger charge is 2.25. The summed E-state index contributed by atoms with van der Waals surface area (Å²) in [5.41, 5.74) is 6.98. The Bertz CT molecular complexity index is 1130. The predicted octanol–water partition coefficient (Wildman–Crippen LogP) is 2.70. The van der Waals surface area contributed by atoms with Crippen LogP contribution in [-0.2, 0) is 9.59 Å². The average molecular weight is 436 g/mol. The number of amides is 3. The third-order valence-corrected chi connectivity index (χ3v) is 5.92. The van der Waals surface area contributed by atoms with Gasteiger partial charge in [0.2, 0.25) is 5.91 Å². The van der Waals surface area contributed by atoms with E-state index < -0.39 is 11.8 Å². The largest absolute Gasteiger partial charge is 0.482 e. The molecule has 0 radical (unpaired) electrons. The van der Waals surface area contributed by atoms with Gasteiger partial charge in [-0.1, -0.05) is 42.5 Å². The molecule has 1 aliphatic rings. The summed E-state index contributed by atoms with van der Waals surface area (Å²) in [6.07, 6.45) is 0.0251. The second kappa shape index (κ2) is 8.97. The van der Waals surface area contributed by atoms with Crippen molar-refractivity contribution >= 4 is 34.7 Å². The minimum atomic E-state index is -0.432. The summed E-state index contributed by atoms with van der Waals surface area (Å²) in [5.74, 6) is -0.455. The Balaban J connectivity index is 1.33. The predicted molar refractivity (Wildman–Crippen MR) is 117 cm³/mol. The summed E-state index contributed by atoms with van der Waals surface area (Å²) in [6.45, 7) is 1.86. The Hall–Kier alpha value is -3.72. The van der Waals surface area contributed by atoms with Crippen LogP contribution >= 0.6 is 11.3 Å². The molecule has 0 spiro atoms. The molecule has 31 heavy (non-hydrogen) atoms. The highest BCUT2D eigenvalue weighted by atomic mass is 32.1. The van der Waals surface area contributed by atoms with Crippen molar-refractivity contribution in [2.24, 2.45) is 0 Å². The number of thiazole rings is 1. The van der Waals surface area contributed by atoms with Gasteiger partial charge in [-0.15, -0.1) is 11.3 Å². The van der Waals surface area contributed by atoms with Crippen LogP contribution in [0, 0.1) is 6.92 Å². The number of fused-ring (bicyclic) bond motifs is 1. The number of aryl methyl sites for hydroxylation is 1. The SMILES string of the molecule is Cc1nc(-c2ccccc2)sc1C(=O)NNC(=O)CCN1C(=O)COc2ccccc21. The van der Waals surface area contributed by atoms with Gasteiger partial charge >= 0.3 is 0 Å². The standard InChI is InChI=1S/C22H20N4O4S/c1-14-20(31-22(23-14)15-7-3-2-4-8-15)21(29)25-24-18(27)11-12-26-16-9-5-6-10-17(16)30-13-19(26)28/h2-10H,11-13H2,1H3,(H,24,27)(H,25,29). The fourth-order valence-corrected chi connectivity index (χ4v) is 4.14. The number of hydrogen-bond donors (Lipinski definition) is 2. The van der Waals surface area contributed by atoms with Crippen LogP contribution in [0.1, 0.15) is 21.8 Å². The summed E-state index contributed by atoms with van der Waals surface area (Å²) < 4.78 is 5.39. The van der Waals surface area contributed by atoms with Crippen molar-refractivity contribution in [3.05, 3.63) is 65.2 Å². The van der Waals surface area contributed by atoms with Crippen molar-refractivity contribution in [1.82, 2.24) is 15.8 Å². The molecular formula is C22H20N4O4S. The number of aromatic nitrogens is 1. The summed E-state index contributed by atoms with van der Waals surface area (Å²) in [6, 6.07) is 16.7. The number of benzene rings is 2. The van der Waals surface area contributed by atoms with E-state index in [1.54, 1.807) is 25.1 Å². The normalized spacial score (nSPS) is 12.7. The van der Waals surface area contributed by atoms with Crippen molar-refractivity contribution in [2.45, 2.75) is 13.3 Å². The second-order valence-electron chi connectivity index (χ2n) is 6.85. The van der Waals surface area contributed by atoms with Gasteiger partial charge in [-0.3, -0.25) is 25.2 Å². The van der Waals surface area contributed by atoms with Gasteiger partial charge < -0.3 is 9.64 Å². The number of hydrogen-bond acceptors (Lipinski definition) is 6. The average Bonchev–Trinajstić information content (AvgIpc) is 3.19. The van der Waals surface area contributed by atoms with Crippen LogP contribution in [0.25, 0.3) is 10.6 Å². The monoisotopic (exact) mass is 436 g/mol. The van der Waals surface area contributed by atoms with Gasteiger partial charge in [-0.25, -0.2) is 4.98 Å². The van der Waals surface area contributed by atoms with Gasteiger partial charge in [0.05, 0.1) is 11.4 Å². The fraction of sp³-hybridized carbons (Fsp3) is 0.182. The maximum Gasteiger partial charge on any atom is 0.281 e. The zero-order valence-corrected chi connectivity index (χ0v) is 17.6. The van der Waals surface area contributed by atoms with Crippen LogP contribution in [0.3, 0.4) is 0 Å². The van der Waals surface area contributed by atoms with Crippen molar-refractivity contribution in [1.29, 1.82) is 0 Å². The van der Waals surface area contributed by atoms with Gasteiger partial charge in [-0.2, -0.15) is 0 Å². The molecule has 0 saturated heterocycles. The highest BCUT2D eigenvalue weighted by Crippen LogP contribution is 2.31. The van der Waals surface area contributed by atoms with Crippen LogP contribution in [0.4, 0.5) is 5.69 Å². The Morgan fingerprint density at radius 1 is 1.10 bits per heavy atom. The van der Waals surface area contributed by atoms with Gasteiger partial charge in [0.1, 0.15) is 15.6 Å². The fourth-order valence-electron chi connectivity index (χ4n) is 3.17. The number of carbonyl (C=O) groups is 3. The van der Waals surface area contributed by atoms with E-state index in [-0.39, 0.29) is 25.5 Å². The smallest absolute Gasteiger partial charge is 0.281 e. The number of carbonyl (C=O) groups excluding carboxylic acids is 3. The highest BCUT2D eigenvalue weighted by molar-refractivity contribution is 7.17. The molecule has 0 bridgehead atoms. The van der Waals surface area contributed by atoms with Crippen molar-refractivity contribution in [3.63, 3.8) is 0 Å². The van der Waals surface area contributed by atoms with Gasteiger partial charge in [0, 0.05) is 18.5 Å². The first-order chi connectivity index (χ1) is 15.0. The number of rotatable bonds is 5. The van der Waals surface area contributed by atoms with E-state index in [0.717, 1.165) is 10.6 Å². The number of nitrogens with one attached hydrogen (secondary N) is 2. The van der Waals surface area contributed by atoms with Gasteiger partial charge in [0.15, 0.2) is 6.61 Å². The maximum atomic E-state index is 12.5. The Labute approximate surface area is 182 Å². The van der Waals surface area contributed by atoms with Crippen molar-refractivity contribution < 1.29 is 19.1 Å². The molecule has 2 N–H and O–H groups in total. The third kappa shape index (κ3) is 4.56. The summed E-state index contributed by atoms with van der Waals surface area (Å²) in [4.78, 5) is 43.3. The first kappa shape index (κ1) is 20.5. The van der Waals surface area contributed by atoms with E-state index in [1.165, 1.54) is 16.2 Å². The number of ether oxygens (including phenoxy) is 1. The summed E-state index contributed by atoms with van der Waals surface area (Å²) in [5, 5.41) is 0.735. The Morgan fingerprint density at radius 3 is 2.65 bits per heavy atom. The Kier molecular flexibility index (Phi) is 5.94. The molecule has 1 aliphatic heterocycles. The molecule has 9 heteroatoms. The zero-order chi connectivity index (χ0) is 21.8. The molecule has 4 rings (SSSR count). The van der Waals surface area contributed by atoms with E-state index in [4.69, 9.17) is 4.74 Å². The second-order valence-corrected chi connectivity index (χ2v) is 7.85. The molecule has 0 saturated carbocycles. The van der Waals surface area contributed by atoms with Crippen LogP contribution in [0.2, 0.25) is 0 Å². The number of para-hydroxylation sites is 2. The van der Waals surface area contributed by atoms with Crippen LogP contribution in [0.5, 0.6) is 5.75 Å². The lowest BCUT2D eigenvalue weighted by Crippen LogP contribution is -2.44. The number of hydrazine groups is 1. The van der Waals surface area contributed by atoms with Gasteiger partial charge in [0.25, 0.3) is 11.8 Å². The molecule has 0 unspecified atom stereocenters. The lowest BCUT2D eigenvalue weighted by Gasteiger charge is -2.29. The molecule has 0 aliphatic carbocycles. The molecule has 2 aromatic carbocycles. The number of anilines is 1. The molecule has 1 aromatic heterocycles. The summed E-state index contributed by atoms with van der Waals surface area (Å²) in [7, 11) is 0. The summed E-state index contributed by atoms with van der Waals surface area (Å²) >= 11 is 1.26. The molecule has 8 nitrogen and oxygen atoms in total. The van der Waals surface area contributed by atoms with E-state index >= 15 is 0 Å². The van der Waals surface area contributed by atoms with E-state index in [1.807, 2.05) is 36.4 Å². The first-order valence-electron chi connectivity index (χ1n) is 9.67. The molecular weight excluding hydrogens is 416 g/mol. The van der Waals surface area contributed by atoms with Crippen molar-refractivity contribution in [3.8, 4) is 16.3 Å². The molecule has 0 fully saturated rings. The molecule has 3 aromatic rings. The minimum Gasteiger partial charge on any atom is -0.482 e. The van der Waals surface area contributed by atoms with Gasteiger partial charge in [-0.05, 0) is 19.1 Å². The van der Waals surface area contributed by atoms with E-state index in [2.05, 4.69) is 15.8 Å².